The molecule has 0 N–H and O–H groups in total. The van der Waals surface area contributed by atoms with Crippen LogP contribution in [0.15, 0.2) is 24.5 Å². The van der Waals surface area contributed by atoms with Gasteiger partial charge in [0.1, 0.15) is 0 Å². The molecule has 0 spiro atoms. The number of hydrogen-bond donors (Lipinski definition) is 0. The topological polar surface area (TPSA) is 48.4 Å². The van der Waals surface area contributed by atoms with Crippen molar-refractivity contribution in [3.05, 3.63) is 30.1 Å². The first kappa shape index (κ1) is 7.68. The van der Waals surface area contributed by atoms with Crippen LogP contribution in [-0.2, 0) is 9.78 Å². The number of rotatable bonds is 2. The molecule has 0 radical (unpaired) electrons. The molecule has 0 aromatic carbocycles. The lowest BCUT2D eigenvalue weighted by molar-refractivity contribution is -0.216. The summed E-state index contributed by atoms with van der Waals surface area (Å²) < 4.78 is 0. The number of carbonyl (C=O) groups is 1. The quantitative estimate of drug-likeness (QED) is 0.465. The summed E-state index contributed by atoms with van der Waals surface area (Å²) in [4.78, 5) is 23.0. The summed E-state index contributed by atoms with van der Waals surface area (Å²) in [5, 5.41) is 0. The zero-order valence-corrected chi connectivity index (χ0v) is 5.98. The van der Waals surface area contributed by atoms with Crippen molar-refractivity contribution in [2.75, 3.05) is 7.11 Å². The van der Waals surface area contributed by atoms with Crippen LogP contribution in [0.4, 0.5) is 0 Å². The Kier molecular flexibility index (Phi) is 2.57. The fourth-order valence-corrected chi connectivity index (χ4v) is 0.607. The maximum atomic E-state index is 10.9. The Morgan fingerprint density at radius 1 is 1.64 bits per heavy atom. The van der Waals surface area contributed by atoms with E-state index in [9.17, 15) is 4.79 Å². The van der Waals surface area contributed by atoms with E-state index >= 15 is 0 Å². The standard InChI is InChI=1S/C7H7NO3/c1-10-11-7(9)6-3-2-4-8-5-6/h2-5H,1H3. The highest BCUT2D eigenvalue weighted by Crippen LogP contribution is 1.97. The van der Waals surface area contributed by atoms with Crippen LogP contribution in [0.2, 0.25) is 0 Å². The fraction of sp³-hybridized carbons (Fsp3) is 0.143. The lowest BCUT2D eigenvalue weighted by Crippen LogP contribution is -2.03. The average Bonchev–Trinajstić information content (AvgIpc) is 2.07. The molecule has 11 heavy (non-hydrogen) atoms. The molecule has 4 heteroatoms. The molecular formula is C7H7NO3. The van der Waals surface area contributed by atoms with E-state index < -0.39 is 5.97 Å². The third-order valence-corrected chi connectivity index (χ3v) is 1.06. The molecule has 0 aliphatic carbocycles. The summed E-state index contributed by atoms with van der Waals surface area (Å²) in [6.45, 7) is 0. The molecule has 0 unspecified atom stereocenters. The normalized spacial score (nSPS) is 9.18. The van der Waals surface area contributed by atoms with Gasteiger partial charge in [0.25, 0.3) is 0 Å². The second-order valence-corrected chi connectivity index (χ2v) is 1.78. The van der Waals surface area contributed by atoms with Crippen LogP contribution >= 0.6 is 0 Å². The van der Waals surface area contributed by atoms with Gasteiger partial charge in [-0.15, -0.1) is 0 Å². The van der Waals surface area contributed by atoms with Crippen LogP contribution in [0, 0.1) is 0 Å². The second-order valence-electron chi connectivity index (χ2n) is 1.78. The predicted molar refractivity (Wildman–Crippen MR) is 36.7 cm³/mol. The zero-order chi connectivity index (χ0) is 8.10. The van der Waals surface area contributed by atoms with Gasteiger partial charge in [0.15, 0.2) is 0 Å². The summed E-state index contributed by atoms with van der Waals surface area (Å²) in [7, 11) is 1.27. The monoisotopic (exact) mass is 153 g/mol. The maximum Gasteiger partial charge on any atom is 0.374 e. The van der Waals surface area contributed by atoms with E-state index in [1.165, 1.54) is 13.3 Å². The van der Waals surface area contributed by atoms with Gasteiger partial charge < -0.3 is 0 Å². The van der Waals surface area contributed by atoms with Crippen LogP contribution < -0.4 is 0 Å². The van der Waals surface area contributed by atoms with Crippen LogP contribution in [0.1, 0.15) is 10.4 Å². The van der Waals surface area contributed by atoms with Gasteiger partial charge in [0, 0.05) is 12.4 Å². The highest BCUT2D eigenvalue weighted by molar-refractivity contribution is 5.88. The molecule has 58 valence electrons. The van der Waals surface area contributed by atoms with Gasteiger partial charge in [-0.25, -0.2) is 4.79 Å². The Labute approximate surface area is 63.7 Å². The molecule has 0 aliphatic heterocycles. The minimum atomic E-state index is -0.541. The highest BCUT2D eigenvalue weighted by Gasteiger charge is 2.05. The molecule has 1 heterocycles. The maximum absolute atomic E-state index is 10.9. The van der Waals surface area contributed by atoms with Crippen molar-refractivity contribution in [1.29, 1.82) is 0 Å². The minimum Gasteiger partial charge on any atom is -0.293 e. The smallest absolute Gasteiger partial charge is 0.293 e. The van der Waals surface area contributed by atoms with Gasteiger partial charge in [-0.3, -0.25) is 9.87 Å². The Bertz CT molecular complexity index is 235. The predicted octanol–water partition coefficient (Wildman–Crippen LogP) is 0.800. The molecule has 0 atom stereocenters. The van der Waals surface area contributed by atoms with Crippen molar-refractivity contribution in [3.63, 3.8) is 0 Å². The number of pyridine rings is 1. The first-order valence-electron chi connectivity index (χ1n) is 2.99. The molecular weight excluding hydrogens is 146 g/mol. The molecule has 0 fully saturated rings. The lowest BCUT2D eigenvalue weighted by atomic mass is 10.3. The third-order valence-electron chi connectivity index (χ3n) is 1.06. The van der Waals surface area contributed by atoms with E-state index in [1.807, 2.05) is 0 Å². The van der Waals surface area contributed by atoms with Crippen molar-refractivity contribution in [2.24, 2.45) is 0 Å². The molecule has 4 nitrogen and oxygen atoms in total. The first-order chi connectivity index (χ1) is 5.34. The Balaban J connectivity index is 2.69. The molecule has 0 bridgehead atoms. The zero-order valence-electron chi connectivity index (χ0n) is 5.98. The van der Waals surface area contributed by atoms with Crippen molar-refractivity contribution in [3.8, 4) is 0 Å². The summed E-state index contributed by atoms with van der Waals surface area (Å²) in [6, 6.07) is 3.24. The van der Waals surface area contributed by atoms with Crippen LogP contribution in [0.5, 0.6) is 0 Å². The van der Waals surface area contributed by atoms with Gasteiger partial charge in [-0.05, 0) is 12.1 Å². The number of nitrogens with zero attached hydrogens (tertiary/aromatic N) is 1. The lowest BCUT2D eigenvalue weighted by Gasteiger charge is -1.96. The van der Waals surface area contributed by atoms with Gasteiger partial charge in [0.05, 0.1) is 12.7 Å². The van der Waals surface area contributed by atoms with Gasteiger partial charge >= 0.3 is 5.97 Å². The molecule has 1 aromatic heterocycles. The molecule has 0 aliphatic rings. The minimum absolute atomic E-state index is 0.370. The largest absolute Gasteiger partial charge is 0.374 e. The average molecular weight is 153 g/mol. The van der Waals surface area contributed by atoms with E-state index in [1.54, 1.807) is 18.3 Å². The summed E-state index contributed by atoms with van der Waals surface area (Å²) in [6.07, 6.45) is 2.98. The van der Waals surface area contributed by atoms with Crippen molar-refractivity contribution >= 4 is 5.97 Å². The van der Waals surface area contributed by atoms with Crippen molar-refractivity contribution in [2.45, 2.75) is 0 Å². The van der Waals surface area contributed by atoms with Crippen LogP contribution in [0.3, 0.4) is 0 Å². The van der Waals surface area contributed by atoms with E-state index in [0.717, 1.165) is 0 Å². The Morgan fingerprint density at radius 2 is 2.45 bits per heavy atom. The fourth-order valence-electron chi connectivity index (χ4n) is 0.607. The van der Waals surface area contributed by atoms with E-state index in [4.69, 9.17) is 0 Å². The molecule has 1 aromatic rings. The SMILES string of the molecule is COOC(=O)c1cccnc1. The van der Waals surface area contributed by atoms with Gasteiger partial charge in [-0.1, -0.05) is 0 Å². The van der Waals surface area contributed by atoms with Crippen LogP contribution in [-0.4, -0.2) is 18.1 Å². The Hall–Kier alpha value is -1.42. The Morgan fingerprint density at radius 3 is 3.00 bits per heavy atom. The second kappa shape index (κ2) is 3.68. The van der Waals surface area contributed by atoms with Gasteiger partial charge in [-0.2, -0.15) is 4.89 Å². The molecule has 0 saturated carbocycles. The summed E-state index contributed by atoms with van der Waals surface area (Å²) in [5.41, 5.74) is 0.370. The van der Waals surface area contributed by atoms with Crippen LogP contribution in [0.25, 0.3) is 0 Å². The van der Waals surface area contributed by atoms with E-state index in [2.05, 4.69) is 14.8 Å². The molecule has 1 rings (SSSR count). The summed E-state index contributed by atoms with van der Waals surface area (Å²) >= 11 is 0. The van der Waals surface area contributed by atoms with E-state index in [-0.39, 0.29) is 0 Å². The highest BCUT2D eigenvalue weighted by atomic mass is 17.2. The van der Waals surface area contributed by atoms with Crippen molar-refractivity contribution < 1.29 is 14.6 Å². The number of aromatic nitrogens is 1. The molecule has 0 amide bonds. The third kappa shape index (κ3) is 2.01. The number of carbonyl (C=O) groups excluding carboxylic acids is 1. The van der Waals surface area contributed by atoms with E-state index in [0.29, 0.717) is 5.56 Å². The van der Waals surface area contributed by atoms with Gasteiger partial charge in [0.2, 0.25) is 0 Å². The summed E-state index contributed by atoms with van der Waals surface area (Å²) in [5.74, 6) is -0.541. The number of hydrogen-bond acceptors (Lipinski definition) is 4. The first-order valence-corrected chi connectivity index (χ1v) is 2.99. The van der Waals surface area contributed by atoms with Crippen molar-refractivity contribution in [1.82, 2.24) is 4.98 Å². The molecule has 0 saturated heterocycles.